The molecule has 15 heavy (non-hydrogen) atoms. The van der Waals surface area contributed by atoms with Gasteiger partial charge in [0.15, 0.2) is 0 Å². The Bertz CT molecular complexity index is 308. The van der Waals surface area contributed by atoms with Gasteiger partial charge in [-0.3, -0.25) is 0 Å². The van der Waals surface area contributed by atoms with E-state index >= 15 is 0 Å². The second-order valence-electron chi connectivity index (χ2n) is 3.73. The minimum absolute atomic E-state index is 0.289. The van der Waals surface area contributed by atoms with E-state index in [1.54, 1.807) is 12.3 Å². The fourth-order valence-corrected chi connectivity index (χ4v) is 1.62. The molecular weight excluding hydrogens is 192 g/mol. The maximum Gasteiger partial charge on any atom is 0.129 e. The summed E-state index contributed by atoms with van der Waals surface area (Å²) in [6.07, 6.45) is 1.23. The average molecular weight is 210 g/mol. The predicted octanol–water partition coefficient (Wildman–Crippen LogP) is 1.17. The fourth-order valence-electron chi connectivity index (χ4n) is 1.62. The molecule has 0 aliphatic carbocycles. The summed E-state index contributed by atoms with van der Waals surface area (Å²) in [5.41, 5.74) is 7.07. The van der Waals surface area contributed by atoms with Gasteiger partial charge >= 0.3 is 0 Å². The number of nitrogens with zero attached hydrogens (tertiary/aromatic N) is 1. The summed E-state index contributed by atoms with van der Waals surface area (Å²) >= 11 is 0. The molecule has 0 amide bonds. The van der Waals surface area contributed by atoms with Gasteiger partial charge in [0.25, 0.3) is 0 Å². The lowest BCUT2D eigenvalue weighted by molar-refractivity contribution is 0.0130. The van der Waals surface area contributed by atoms with Crippen LogP contribution < -0.4 is 5.73 Å². The normalized spacial score (nSPS) is 14.9. The van der Waals surface area contributed by atoms with Crippen LogP contribution in [0.25, 0.3) is 0 Å². The Kier molecular flexibility index (Phi) is 4.05. The molecule has 0 saturated heterocycles. The quantitative estimate of drug-likeness (QED) is 0.697. The van der Waals surface area contributed by atoms with E-state index in [2.05, 4.69) is 4.98 Å². The SMILES string of the molecule is CCCC(O)C(O)c1c(C)ccnc1N. The van der Waals surface area contributed by atoms with Crippen molar-refractivity contribution in [1.82, 2.24) is 4.98 Å². The molecule has 4 heteroatoms. The average Bonchev–Trinajstić information content (AvgIpc) is 2.17. The predicted molar refractivity (Wildman–Crippen MR) is 59.3 cm³/mol. The fraction of sp³-hybridized carbons (Fsp3) is 0.545. The van der Waals surface area contributed by atoms with Crippen molar-refractivity contribution >= 4 is 5.82 Å². The maximum absolute atomic E-state index is 9.91. The van der Waals surface area contributed by atoms with Crippen molar-refractivity contribution in [2.45, 2.75) is 38.9 Å². The van der Waals surface area contributed by atoms with Crippen molar-refractivity contribution in [3.05, 3.63) is 23.4 Å². The lowest BCUT2D eigenvalue weighted by atomic mass is 9.98. The molecule has 1 heterocycles. The summed E-state index contributed by atoms with van der Waals surface area (Å²) in [6.45, 7) is 3.80. The topological polar surface area (TPSA) is 79.4 Å². The molecule has 1 rings (SSSR count). The van der Waals surface area contributed by atoms with Gasteiger partial charge in [-0.05, 0) is 25.0 Å². The Balaban J connectivity index is 2.94. The van der Waals surface area contributed by atoms with Crippen LogP contribution in [0.2, 0.25) is 0 Å². The van der Waals surface area contributed by atoms with E-state index in [0.29, 0.717) is 12.0 Å². The molecule has 4 nitrogen and oxygen atoms in total. The third-order valence-electron chi connectivity index (χ3n) is 2.48. The van der Waals surface area contributed by atoms with E-state index in [-0.39, 0.29) is 5.82 Å². The van der Waals surface area contributed by atoms with E-state index < -0.39 is 12.2 Å². The first-order chi connectivity index (χ1) is 7.07. The van der Waals surface area contributed by atoms with Crippen LogP contribution in [0.1, 0.15) is 37.0 Å². The molecule has 0 aromatic carbocycles. The van der Waals surface area contributed by atoms with E-state index in [1.165, 1.54) is 0 Å². The van der Waals surface area contributed by atoms with Gasteiger partial charge in [-0.25, -0.2) is 4.98 Å². The highest BCUT2D eigenvalue weighted by molar-refractivity contribution is 5.45. The summed E-state index contributed by atoms with van der Waals surface area (Å²) in [5.74, 6) is 0.289. The lowest BCUT2D eigenvalue weighted by Crippen LogP contribution is -2.20. The van der Waals surface area contributed by atoms with Crippen molar-refractivity contribution < 1.29 is 10.2 Å². The van der Waals surface area contributed by atoms with Gasteiger partial charge < -0.3 is 15.9 Å². The molecule has 0 spiro atoms. The summed E-state index contributed by atoms with van der Waals surface area (Å²) in [7, 11) is 0. The van der Waals surface area contributed by atoms with Gasteiger partial charge in [0, 0.05) is 11.8 Å². The van der Waals surface area contributed by atoms with Crippen LogP contribution >= 0.6 is 0 Å². The highest BCUT2D eigenvalue weighted by atomic mass is 16.3. The van der Waals surface area contributed by atoms with E-state index in [0.717, 1.165) is 12.0 Å². The van der Waals surface area contributed by atoms with Crippen LogP contribution in [-0.2, 0) is 0 Å². The molecular formula is C11H18N2O2. The summed E-state index contributed by atoms with van der Waals surface area (Å²) < 4.78 is 0. The van der Waals surface area contributed by atoms with Gasteiger partial charge in [-0.1, -0.05) is 13.3 Å². The number of aromatic nitrogens is 1. The zero-order chi connectivity index (χ0) is 11.4. The lowest BCUT2D eigenvalue weighted by Gasteiger charge is -2.20. The van der Waals surface area contributed by atoms with Crippen molar-refractivity contribution in [2.75, 3.05) is 5.73 Å². The monoisotopic (exact) mass is 210 g/mol. The summed E-state index contributed by atoms with van der Waals surface area (Å²) in [6, 6.07) is 1.77. The highest BCUT2D eigenvalue weighted by Gasteiger charge is 2.21. The molecule has 1 aromatic rings. The number of anilines is 1. The van der Waals surface area contributed by atoms with Crippen LogP contribution in [0.3, 0.4) is 0 Å². The molecule has 2 atom stereocenters. The second kappa shape index (κ2) is 5.09. The number of nitrogens with two attached hydrogens (primary N) is 1. The number of nitrogen functional groups attached to an aromatic ring is 1. The number of hydrogen-bond donors (Lipinski definition) is 3. The molecule has 0 aliphatic heterocycles. The van der Waals surface area contributed by atoms with Crippen molar-refractivity contribution in [3.8, 4) is 0 Å². The molecule has 4 N–H and O–H groups in total. The zero-order valence-electron chi connectivity index (χ0n) is 9.14. The Morgan fingerprint density at radius 2 is 2.13 bits per heavy atom. The molecule has 0 fully saturated rings. The first-order valence-corrected chi connectivity index (χ1v) is 5.15. The molecule has 0 saturated carbocycles. The van der Waals surface area contributed by atoms with Crippen molar-refractivity contribution in [1.29, 1.82) is 0 Å². The van der Waals surface area contributed by atoms with Gasteiger partial charge in [0.2, 0.25) is 0 Å². The zero-order valence-corrected chi connectivity index (χ0v) is 9.14. The Hall–Kier alpha value is -1.13. The minimum atomic E-state index is -0.946. The van der Waals surface area contributed by atoms with Crippen LogP contribution in [0.15, 0.2) is 12.3 Å². The first kappa shape index (κ1) is 11.9. The van der Waals surface area contributed by atoms with E-state index in [4.69, 9.17) is 5.73 Å². The van der Waals surface area contributed by atoms with Crippen molar-refractivity contribution in [3.63, 3.8) is 0 Å². The summed E-state index contributed by atoms with van der Waals surface area (Å²) in [5, 5.41) is 19.6. The third kappa shape index (κ3) is 2.67. The van der Waals surface area contributed by atoms with Crippen LogP contribution in [0.4, 0.5) is 5.82 Å². The van der Waals surface area contributed by atoms with E-state index in [1.807, 2.05) is 13.8 Å². The first-order valence-electron chi connectivity index (χ1n) is 5.15. The number of aliphatic hydroxyl groups is 2. The molecule has 0 bridgehead atoms. The van der Waals surface area contributed by atoms with Gasteiger partial charge in [-0.15, -0.1) is 0 Å². The summed E-state index contributed by atoms with van der Waals surface area (Å²) in [4.78, 5) is 3.91. The van der Waals surface area contributed by atoms with Crippen LogP contribution in [-0.4, -0.2) is 21.3 Å². The third-order valence-corrected chi connectivity index (χ3v) is 2.48. The maximum atomic E-state index is 9.91. The number of aliphatic hydroxyl groups excluding tert-OH is 2. The van der Waals surface area contributed by atoms with Crippen LogP contribution in [0.5, 0.6) is 0 Å². The highest BCUT2D eigenvalue weighted by Crippen LogP contribution is 2.26. The molecule has 0 aliphatic rings. The van der Waals surface area contributed by atoms with Gasteiger partial charge in [0.1, 0.15) is 11.9 Å². The molecule has 2 unspecified atom stereocenters. The Morgan fingerprint density at radius 3 is 2.67 bits per heavy atom. The number of hydrogen-bond acceptors (Lipinski definition) is 4. The molecule has 1 aromatic heterocycles. The second-order valence-corrected chi connectivity index (χ2v) is 3.73. The largest absolute Gasteiger partial charge is 0.390 e. The number of pyridine rings is 1. The van der Waals surface area contributed by atoms with Gasteiger partial charge in [0.05, 0.1) is 6.10 Å². The number of aryl methyl sites for hydroxylation is 1. The standard InChI is InChI=1S/C11H18N2O2/c1-3-4-8(14)10(15)9-7(2)5-6-13-11(9)12/h5-6,8,10,14-15H,3-4H2,1-2H3,(H2,12,13). The molecule has 0 radical (unpaired) electrons. The smallest absolute Gasteiger partial charge is 0.129 e. The van der Waals surface area contributed by atoms with Gasteiger partial charge in [-0.2, -0.15) is 0 Å². The van der Waals surface area contributed by atoms with Crippen molar-refractivity contribution in [2.24, 2.45) is 0 Å². The Morgan fingerprint density at radius 1 is 1.47 bits per heavy atom. The molecule has 84 valence electrons. The Labute approximate surface area is 89.8 Å². The van der Waals surface area contributed by atoms with Crippen LogP contribution in [0, 0.1) is 6.92 Å². The minimum Gasteiger partial charge on any atom is -0.390 e. The number of rotatable bonds is 4. The van der Waals surface area contributed by atoms with E-state index in [9.17, 15) is 10.2 Å².